The normalized spacial score (nSPS) is 21.6. The lowest BCUT2D eigenvalue weighted by Crippen LogP contribution is -2.41. The molecule has 5 nitrogen and oxygen atoms in total. The van der Waals surface area contributed by atoms with Crippen LogP contribution in [0.25, 0.3) is 0 Å². The van der Waals surface area contributed by atoms with Crippen LogP contribution in [0.4, 0.5) is 4.39 Å². The van der Waals surface area contributed by atoms with Gasteiger partial charge in [-0.2, -0.15) is 0 Å². The Labute approximate surface area is 142 Å². The van der Waals surface area contributed by atoms with Gasteiger partial charge in [0.2, 0.25) is 0 Å². The van der Waals surface area contributed by atoms with E-state index in [2.05, 4.69) is 5.32 Å². The summed E-state index contributed by atoms with van der Waals surface area (Å²) in [6.07, 6.45) is 2.00. The summed E-state index contributed by atoms with van der Waals surface area (Å²) in [6.45, 7) is 7.61. The van der Waals surface area contributed by atoms with Crippen LogP contribution in [-0.4, -0.2) is 36.9 Å². The Morgan fingerprint density at radius 2 is 1.92 bits per heavy atom. The van der Waals surface area contributed by atoms with Crippen LogP contribution in [0.5, 0.6) is 5.75 Å². The fraction of sp³-hybridized carbons (Fsp3) is 0.588. The molecule has 0 spiro atoms. The Balaban J connectivity index is 1.68. The summed E-state index contributed by atoms with van der Waals surface area (Å²) in [5.74, 6) is -0.736. The Morgan fingerprint density at radius 3 is 2.50 bits per heavy atom. The first kappa shape index (κ1) is 17.2. The minimum atomic E-state index is -0.599. The van der Waals surface area contributed by atoms with E-state index in [9.17, 15) is 9.18 Å². The van der Waals surface area contributed by atoms with E-state index in [0.717, 1.165) is 12.8 Å². The topological polar surface area (TPSA) is 56.8 Å². The molecule has 1 aliphatic carbocycles. The lowest BCUT2D eigenvalue weighted by Gasteiger charge is -2.32. The fourth-order valence-corrected chi connectivity index (χ4v) is 2.40. The fourth-order valence-electron chi connectivity index (χ4n) is 2.40. The number of carbonyl (C=O) groups excluding carboxylic acids is 1. The summed E-state index contributed by atoms with van der Waals surface area (Å²) in [7, 11) is -0.599. The quantitative estimate of drug-likeness (QED) is 0.834. The first-order chi connectivity index (χ1) is 11.2. The summed E-state index contributed by atoms with van der Waals surface area (Å²) < 4.78 is 31.2. The number of carbonyl (C=O) groups is 1. The average molecular weight is 335 g/mol. The third-order valence-electron chi connectivity index (χ3n) is 4.78. The summed E-state index contributed by atoms with van der Waals surface area (Å²) >= 11 is 0. The predicted octanol–water partition coefficient (Wildman–Crippen LogP) is 1.78. The summed E-state index contributed by atoms with van der Waals surface area (Å²) in [6, 6.07) is 4.69. The first-order valence-electron chi connectivity index (χ1n) is 8.25. The van der Waals surface area contributed by atoms with Gasteiger partial charge in [0.15, 0.2) is 18.2 Å². The number of hydrogen-bond acceptors (Lipinski definition) is 4. The molecule has 1 saturated carbocycles. The molecular weight excluding hydrogens is 312 g/mol. The van der Waals surface area contributed by atoms with Gasteiger partial charge in [-0.15, -0.1) is 0 Å². The summed E-state index contributed by atoms with van der Waals surface area (Å²) in [5, 5.41) is 2.80. The molecule has 1 aromatic carbocycles. The average Bonchev–Trinajstić information content (AvgIpc) is 3.25. The van der Waals surface area contributed by atoms with Gasteiger partial charge < -0.3 is 19.4 Å². The smallest absolute Gasteiger partial charge is 0.481 e. The highest BCUT2D eigenvalue weighted by Crippen LogP contribution is 2.36. The van der Waals surface area contributed by atoms with Gasteiger partial charge in [-0.3, -0.25) is 4.79 Å². The van der Waals surface area contributed by atoms with E-state index in [4.69, 9.17) is 14.0 Å². The summed E-state index contributed by atoms with van der Waals surface area (Å²) in [5.41, 5.74) is -0.290. The van der Waals surface area contributed by atoms with E-state index in [1.807, 2.05) is 27.7 Å². The van der Waals surface area contributed by atoms with Crippen molar-refractivity contribution >= 4 is 18.5 Å². The van der Waals surface area contributed by atoms with Crippen molar-refractivity contribution in [1.29, 1.82) is 0 Å². The molecule has 1 aliphatic heterocycles. The van der Waals surface area contributed by atoms with Crippen molar-refractivity contribution in [3.05, 3.63) is 24.0 Å². The van der Waals surface area contributed by atoms with Crippen molar-refractivity contribution in [3.63, 3.8) is 0 Å². The Morgan fingerprint density at radius 1 is 1.29 bits per heavy atom. The molecule has 130 valence electrons. The van der Waals surface area contributed by atoms with E-state index < -0.39 is 24.1 Å². The van der Waals surface area contributed by atoms with E-state index in [0.29, 0.717) is 5.46 Å². The molecule has 3 rings (SSSR count). The third kappa shape index (κ3) is 3.57. The second-order valence-corrected chi connectivity index (χ2v) is 7.41. The highest BCUT2D eigenvalue weighted by atomic mass is 19.1. The molecule has 0 bridgehead atoms. The largest absolute Gasteiger partial charge is 0.494 e. The van der Waals surface area contributed by atoms with Crippen LogP contribution in [-0.2, 0) is 14.1 Å². The second kappa shape index (κ2) is 6.04. The molecule has 2 fully saturated rings. The molecule has 1 saturated heterocycles. The van der Waals surface area contributed by atoms with Gasteiger partial charge in [0, 0.05) is 6.04 Å². The second-order valence-electron chi connectivity index (χ2n) is 7.41. The molecule has 0 atom stereocenters. The highest BCUT2D eigenvalue weighted by molar-refractivity contribution is 6.62. The van der Waals surface area contributed by atoms with Crippen LogP contribution in [0.15, 0.2) is 18.2 Å². The van der Waals surface area contributed by atoms with E-state index in [1.165, 1.54) is 12.1 Å². The van der Waals surface area contributed by atoms with Crippen LogP contribution in [0.1, 0.15) is 40.5 Å². The molecule has 1 heterocycles. The molecule has 0 unspecified atom stereocenters. The number of halogens is 1. The van der Waals surface area contributed by atoms with Crippen LogP contribution in [0.3, 0.4) is 0 Å². The van der Waals surface area contributed by atoms with Gasteiger partial charge in [0.05, 0.1) is 11.2 Å². The van der Waals surface area contributed by atoms with Crippen molar-refractivity contribution in [1.82, 2.24) is 5.32 Å². The van der Waals surface area contributed by atoms with E-state index in [1.54, 1.807) is 6.07 Å². The van der Waals surface area contributed by atoms with Gasteiger partial charge in [-0.1, -0.05) is 6.07 Å². The van der Waals surface area contributed by atoms with Gasteiger partial charge >= 0.3 is 7.12 Å². The van der Waals surface area contributed by atoms with Crippen LogP contribution in [0.2, 0.25) is 0 Å². The van der Waals surface area contributed by atoms with Gasteiger partial charge in [-0.25, -0.2) is 4.39 Å². The predicted molar refractivity (Wildman–Crippen MR) is 88.8 cm³/mol. The Hall–Kier alpha value is -1.60. The molecule has 1 amide bonds. The third-order valence-corrected chi connectivity index (χ3v) is 4.78. The Kier molecular flexibility index (Phi) is 4.34. The zero-order chi connectivity index (χ0) is 17.5. The van der Waals surface area contributed by atoms with Crippen LogP contribution < -0.4 is 15.5 Å². The molecule has 1 aromatic rings. The minimum Gasteiger partial charge on any atom is -0.481 e. The molecule has 2 aliphatic rings. The monoisotopic (exact) mass is 335 g/mol. The van der Waals surface area contributed by atoms with Crippen molar-refractivity contribution in [3.8, 4) is 5.75 Å². The number of benzene rings is 1. The van der Waals surface area contributed by atoms with Crippen molar-refractivity contribution < 1.29 is 23.2 Å². The number of hydrogen-bond donors (Lipinski definition) is 1. The number of nitrogens with one attached hydrogen (secondary N) is 1. The molecular formula is C17H23BFNO4. The van der Waals surface area contributed by atoms with Crippen LogP contribution in [0, 0.1) is 5.82 Å². The standard InChI is InChI=1S/C17H23BFNO4/c1-16(2)17(3,4)24-18(23-16)11-5-8-13(19)14(9-11)22-10-15(21)20-12-6-7-12/h5,8-9,12H,6-7,10H2,1-4H3,(H,20,21). The SMILES string of the molecule is CC1(C)OB(c2ccc(F)c(OCC(=O)NC3CC3)c2)OC1(C)C. The lowest BCUT2D eigenvalue weighted by atomic mass is 9.79. The van der Waals surface area contributed by atoms with Gasteiger partial charge in [-0.05, 0) is 58.1 Å². The molecule has 0 aromatic heterocycles. The van der Waals surface area contributed by atoms with Gasteiger partial charge in [0.25, 0.3) is 5.91 Å². The first-order valence-corrected chi connectivity index (χ1v) is 8.25. The van der Waals surface area contributed by atoms with Crippen LogP contribution >= 0.6 is 0 Å². The summed E-state index contributed by atoms with van der Waals surface area (Å²) in [4.78, 5) is 11.7. The van der Waals surface area contributed by atoms with Crippen molar-refractivity contribution in [2.24, 2.45) is 0 Å². The number of ether oxygens (including phenoxy) is 1. The number of rotatable bonds is 5. The molecule has 1 N–H and O–H groups in total. The highest BCUT2D eigenvalue weighted by Gasteiger charge is 2.51. The Bertz CT molecular complexity index is 629. The minimum absolute atomic E-state index is 0.0214. The number of amides is 1. The van der Waals surface area contributed by atoms with Gasteiger partial charge in [0.1, 0.15) is 0 Å². The van der Waals surface area contributed by atoms with E-state index in [-0.39, 0.29) is 24.3 Å². The van der Waals surface area contributed by atoms with Crippen molar-refractivity contribution in [2.75, 3.05) is 6.61 Å². The zero-order valence-corrected chi connectivity index (χ0v) is 14.5. The molecule has 0 radical (unpaired) electrons. The lowest BCUT2D eigenvalue weighted by molar-refractivity contribution is -0.123. The van der Waals surface area contributed by atoms with E-state index >= 15 is 0 Å². The molecule has 24 heavy (non-hydrogen) atoms. The maximum atomic E-state index is 13.9. The maximum Gasteiger partial charge on any atom is 0.494 e. The zero-order valence-electron chi connectivity index (χ0n) is 14.5. The maximum absolute atomic E-state index is 13.9. The van der Waals surface area contributed by atoms with Crippen molar-refractivity contribution in [2.45, 2.75) is 57.8 Å². The molecule has 7 heteroatoms.